The van der Waals surface area contributed by atoms with Gasteiger partial charge in [0, 0.05) is 17.5 Å². The molecule has 0 aliphatic heterocycles. The van der Waals surface area contributed by atoms with E-state index < -0.39 is 0 Å². The average Bonchev–Trinajstić information content (AvgIpc) is 2.44. The molecule has 0 amide bonds. The maximum atomic E-state index is 4.99. The van der Waals surface area contributed by atoms with E-state index in [2.05, 4.69) is 64.2 Å². The van der Waals surface area contributed by atoms with Gasteiger partial charge in [-0.25, -0.2) is 4.98 Å². The van der Waals surface area contributed by atoms with Crippen molar-refractivity contribution in [3.8, 4) is 0 Å². The van der Waals surface area contributed by atoms with Gasteiger partial charge in [0.15, 0.2) is 0 Å². The molecule has 0 aliphatic carbocycles. The molecular formula is C19H28N2. The molecule has 21 heavy (non-hydrogen) atoms. The number of benzene rings is 1. The van der Waals surface area contributed by atoms with Crippen LogP contribution < -0.4 is 5.32 Å². The molecule has 114 valence electrons. The Balaban J connectivity index is 2.62. The van der Waals surface area contributed by atoms with Crippen molar-refractivity contribution in [2.24, 2.45) is 0 Å². The predicted octanol–water partition coefficient (Wildman–Crippen LogP) is 5.31. The van der Waals surface area contributed by atoms with E-state index in [4.69, 9.17) is 4.98 Å². The zero-order chi connectivity index (χ0) is 15.5. The van der Waals surface area contributed by atoms with Gasteiger partial charge in [0.2, 0.25) is 0 Å². The Bertz CT molecular complexity index is 609. The van der Waals surface area contributed by atoms with Gasteiger partial charge in [-0.3, -0.25) is 0 Å². The van der Waals surface area contributed by atoms with Crippen molar-refractivity contribution in [2.45, 2.75) is 59.3 Å². The second kappa shape index (κ2) is 6.46. The smallest absolute Gasteiger partial charge is 0.130 e. The number of hydrogen-bond acceptors (Lipinski definition) is 2. The molecule has 2 heteroatoms. The van der Waals surface area contributed by atoms with Crippen molar-refractivity contribution in [3.05, 3.63) is 35.4 Å². The summed E-state index contributed by atoms with van der Waals surface area (Å²) in [6, 6.07) is 8.86. The summed E-state index contributed by atoms with van der Waals surface area (Å²) in [7, 11) is 0. The molecule has 0 saturated carbocycles. The monoisotopic (exact) mass is 284 g/mol. The Morgan fingerprint density at radius 3 is 2.48 bits per heavy atom. The van der Waals surface area contributed by atoms with Gasteiger partial charge in [0.25, 0.3) is 0 Å². The number of fused-ring (bicyclic) bond motifs is 1. The molecule has 0 atom stereocenters. The first-order chi connectivity index (χ1) is 9.97. The number of pyridine rings is 1. The quantitative estimate of drug-likeness (QED) is 0.805. The topological polar surface area (TPSA) is 24.9 Å². The summed E-state index contributed by atoms with van der Waals surface area (Å²) in [5.41, 5.74) is 3.91. The number of aryl methyl sites for hydroxylation is 1. The van der Waals surface area contributed by atoms with Crippen LogP contribution in [0.25, 0.3) is 10.9 Å². The summed E-state index contributed by atoms with van der Waals surface area (Å²) in [5.74, 6) is 1.06. The lowest BCUT2D eigenvalue weighted by Gasteiger charge is -2.24. The first kappa shape index (κ1) is 15.8. The van der Waals surface area contributed by atoms with E-state index in [1.165, 1.54) is 16.5 Å². The molecule has 2 rings (SSSR count). The lowest BCUT2D eigenvalue weighted by Crippen LogP contribution is -2.17. The summed E-state index contributed by atoms with van der Waals surface area (Å²) < 4.78 is 0. The molecule has 0 radical (unpaired) electrons. The first-order valence-electron chi connectivity index (χ1n) is 8.14. The van der Waals surface area contributed by atoms with Crippen LogP contribution >= 0.6 is 0 Å². The van der Waals surface area contributed by atoms with E-state index in [9.17, 15) is 0 Å². The average molecular weight is 284 g/mol. The minimum atomic E-state index is 0.0953. The van der Waals surface area contributed by atoms with Crippen molar-refractivity contribution in [3.63, 3.8) is 0 Å². The van der Waals surface area contributed by atoms with Gasteiger partial charge in [-0.15, -0.1) is 0 Å². The molecule has 0 aliphatic rings. The van der Waals surface area contributed by atoms with E-state index in [0.29, 0.717) is 0 Å². The van der Waals surface area contributed by atoms with Crippen LogP contribution in [0.1, 0.15) is 58.6 Å². The van der Waals surface area contributed by atoms with Crippen LogP contribution in [0.4, 0.5) is 5.82 Å². The molecule has 1 heterocycles. The second-order valence-electron chi connectivity index (χ2n) is 6.80. The Labute approximate surface area is 129 Å². The summed E-state index contributed by atoms with van der Waals surface area (Å²) >= 11 is 0. The van der Waals surface area contributed by atoms with E-state index >= 15 is 0 Å². The highest BCUT2D eigenvalue weighted by atomic mass is 15.0. The summed E-state index contributed by atoms with van der Waals surface area (Å²) in [5, 5.41) is 4.78. The van der Waals surface area contributed by atoms with Crippen LogP contribution in [0.3, 0.4) is 0 Å². The van der Waals surface area contributed by atoms with E-state index in [1.54, 1.807) is 0 Å². The van der Waals surface area contributed by atoms with Crippen molar-refractivity contribution in [2.75, 3.05) is 11.9 Å². The molecule has 2 aromatic rings. The lowest BCUT2D eigenvalue weighted by atomic mass is 9.86. The molecular weight excluding hydrogens is 256 g/mol. The van der Waals surface area contributed by atoms with Crippen molar-refractivity contribution in [1.29, 1.82) is 0 Å². The van der Waals surface area contributed by atoms with Gasteiger partial charge in [-0.05, 0) is 29.9 Å². The lowest BCUT2D eigenvalue weighted by molar-refractivity contribution is 0.590. The standard InChI is InChI=1S/C19H28N2/c1-6-9-14-10-8-11-15-13-16(19(3,4)5)18(20-12-7-2)21-17(14)15/h8,10-11,13H,6-7,9,12H2,1-5H3,(H,20,21). The summed E-state index contributed by atoms with van der Waals surface area (Å²) in [6.45, 7) is 12.1. The number of aromatic nitrogens is 1. The van der Waals surface area contributed by atoms with Crippen LogP contribution in [0.2, 0.25) is 0 Å². The highest BCUT2D eigenvalue weighted by Crippen LogP contribution is 2.32. The van der Waals surface area contributed by atoms with Gasteiger partial charge in [-0.1, -0.05) is 59.2 Å². The third-order valence-corrected chi connectivity index (χ3v) is 3.80. The summed E-state index contributed by atoms with van der Waals surface area (Å²) in [4.78, 5) is 4.99. The van der Waals surface area contributed by atoms with Crippen LogP contribution in [0, 0.1) is 0 Å². The highest BCUT2D eigenvalue weighted by Gasteiger charge is 2.20. The fraction of sp³-hybridized carbons (Fsp3) is 0.526. The fourth-order valence-corrected chi connectivity index (χ4v) is 2.68. The van der Waals surface area contributed by atoms with Crippen LogP contribution in [0.5, 0.6) is 0 Å². The second-order valence-corrected chi connectivity index (χ2v) is 6.80. The molecule has 0 spiro atoms. The molecule has 1 N–H and O–H groups in total. The van der Waals surface area contributed by atoms with Gasteiger partial charge in [0.05, 0.1) is 5.52 Å². The molecule has 1 aromatic heterocycles. The number of anilines is 1. The normalized spacial score (nSPS) is 11.9. The van der Waals surface area contributed by atoms with Crippen molar-refractivity contribution < 1.29 is 0 Å². The van der Waals surface area contributed by atoms with Crippen LogP contribution in [-0.4, -0.2) is 11.5 Å². The fourth-order valence-electron chi connectivity index (χ4n) is 2.68. The third-order valence-electron chi connectivity index (χ3n) is 3.80. The molecule has 2 nitrogen and oxygen atoms in total. The number of nitrogens with zero attached hydrogens (tertiary/aromatic N) is 1. The maximum absolute atomic E-state index is 4.99. The van der Waals surface area contributed by atoms with E-state index in [-0.39, 0.29) is 5.41 Å². The summed E-state index contributed by atoms with van der Waals surface area (Å²) in [6.07, 6.45) is 3.35. The molecule has 0 unspecified atom stereocenters. The Morgan fingerprint density at radius 1 is 1.10 bits per heavy atom. The third kappa shape index (κ3) is 3.55. The van der Waals surface area contributed by atoms with Crippen molar-refractivity contribution in [1.82, 2.24) is 4.98 Å². The highest BCUT2D eigenvalue weighted by molar-refractivity contribution is 5.85. The Kier molecular flexibility index (Phi) is 4.87. The Morgan fingerprint density at radius 2 is 1.86 bits per heavy atom. The van der Waals surface area contributed by atoms with E-state index in [0.717, 1.165) is 37.1 Å². The Hall–Kier alpha value is -1.57. The van der Waals surface area contributed by atoms with E-state index in [1.807, 2.05) is 0 Å². The molecule has 0 bridgehead atoms. The molecule has 0 saturated heterocycles. The van der Waals surface area contributed by atoms with Gasteiger partial charge < -0.3 is 5.32 Å². The first-order valence-corrected chi connectivity index (χ1v) is 8.14. The molecule has 0 fully saturated rings. The van der Waals surface area contributed by atoms with Crippen LogP contribution in [-0.2, 0) is 11.8 Å². The SMILES string of the molecule is CCCNc1nc2c(CCC)cccc2cc1C(C)(C)C. The zero-order valence-electron chi connectivity index (χ0n) is 14.1. The van der Waals surface area contributed by atoms with Gasteiger partial charge in [-0.2, -0.15) is 0 Å². The number of para-hydroxylation sites is 1. The minimum Gasteiger partial charge on any atom is -0.370 e. The number of hydrogen-bond donors (Lipinski definition) is 1. The van der Waals surface area contributed by atoms with Crippen LogP contribution in [0.15, 0.2) is 24.3 Å². The van der Waals surface area contributed by atoms with Crippen molar-refractivity contribution >= 4 is 16.7 Å². The van der Waals surface area contributed by atoms with Gasteiger partial charge >= 0.3 is 0 Å². The number of nitrogens with one attached hydrogen (secondary N) is 1. The predicted molar refractivity (Wildman–Crippen MR) is 93.2 cm³/mol. The maximum Gasteiger partial charge on any atom is 0.130 e. The number of rotatable bonds is 5. The zero-order valence-corrected chi connectivity index (χ0v) is 14.1. The van der Waals surface area contributed by atoms with Gasteiger partial charge in [0.1, 0.15) is 5.82 Å². The molecule has 1 aromatic carbocycles. The minimum absolute atomic E-state index is 0.0953. The largest absolute Gasteiger partial charge is 0.370 e.